The maximum atomic E-state index is 12.0. The molecule has 12 heteroatoms. The molecule has 0 atom stereocenters. The minimum absolute atomic E-state index is 0.0880. The second-order valence-electron chi connectivity index (χ2n) is 14.2. The fourth-order valence-electron chi connectivity index (χ4n) is 7.39. The largest absolute Gasteiger partial charge is 0.481 e. The number of anilines is 2. The molecule has 10 aromatic rings. The quantitative estimate of drug-likeness (QED) is 0.131. The van der Waals surface area contributed by atoms with E-state index in [1.54, 1.807) is 44.3 Å². The molecule has 0 radical (unpaired) electrons. The number of nitrogens with zero attached hydrogens (tertiary/aromatic N) is 7. The van der Waals surface area contributed by atoms with E-state index in [-0.39, 0.29) is 5.56 Å². The summed E-state index contributed by atoms with van der Waals surface area (Å²) in [6.45, 7) is 1.03. The van der Waals surface area contributed by atoms with E-state index in [0.29, 0.717) is 24.5 Å². The van der Waals surface area contributed by atoms with Crippen LogP contribution in [0.25, 0.3) is 66.1 Å². The van der Waals surface area contributed by atoms with Crippen molar-refractivity contribution in [3.63, 3.8) is 0 Å². The molecule has 0 fully saturated rings. The molecule has 0 bridgehead atoms. The fraction of sp³-hybridized carbons (Fsp3) is 0.106. The van der Waals surface area contributed by atoms with Gasteiger partial charge in [-0.25, -0.2) is 4.98 Å². The summed E-state index contributed by atoms with van der Waals surface area (Å²) in [6, 6.07) is 32.8. The number of benzene rings is 4. The van der Waals surface area contributed by atoms with Crippen LogP contribution in [0.15, 0.2) is 151 Å². The molecule has 0 aliphatic heterocycles. The lowest BCUT2D eigenvalue weighted by Crippen LogP contribution is -2.14. The van der Waals surface area contributed by atoms with Crippen molar-refractivity contribution >= 4 is 55.2 Å². The maximum absolute atomic E-state index is 12.0. The van der Waals surface area contributed by atoms with Gasteiger partial charge in [-0.1, -0.05) is 36.4 Å². The highest BCUT2D eigenvalue weighted by molar-refractivity contribution is 5.98. The summed E-state index contributed by atoms with van der Waals surface area (Å²) in [6.07, 6.45) is 14.4. The van der Waals surface area contributed by atoms with Crippen molar-refractivity contribution in [2.45, 2.75) is 13.1 Å². The van der Waals surface area contributed by atoms with Gasteiger partial charge in [-0.15, -0.1) is 0 Å². The zero-order valence-electron chi connectivity index (χ0n) is 32.7. The predicted molar refractivity (Wildman–Crippen MR) is 235 cm³/mol. The highest BCUT2D eigenvalue weighted by Crippen LogP contribution is 2.34. The van der Waals surface area contributed by atoms with Crippen molar-refractivity contribution < 1.29 is 4.74 Å². The van der Waals surface area contributed by atoms with E-state index < -0.39 is 0 Å². The van der Waals surface area contributed by atoms with Gasteiger partial charge in [-0.05, 0) is 82.6 Å². The first-order valence-electron chi connectivity index (χ1n) is 19.1. The van der Waals surface area contributed by atoms with Gasteiger partial charge in [0.2, 0.25) is 5.88 Å². The summed E-state index contributed by atoms with van der Waals surface area (Å²) in [5, 5.41) is 9.26. The number of aromatic nitrogens is 8. The molecular weight excluding hydrogens is 737 g/mol. The lowest BCUT2D eigenvalue weighted by molar-refractivity contribution is 0.393. The number of aryl methyl sites for hydroxylation is 2. The van der Waals surface area contributed by atoms with Crippen molar-refractivity contribution in [2.24, 2.45) is 14.1 Å². The SMILES string of the molecule is COc1ncccc1CNc1cc(-c2ccc3ccn(C)c3c2)c2nccnc2c1.Cn1ccc2ccc(-c3cc(NCc4ccc[nH]c4=O)cc4nccnc34)cc21. The Bertz CT molecular complexity index is 3190. The van der Waals surface area contributed by atoms with Crippen LogP contribution in [0.2, 0.25) is 0 Å². The maximum Gasteiger partial charge on any atom is 0.252 e. The van der Waals surface area contributed by atoms with Crippen molar-refractivity contribution in [1.82, 2.24) is 39.0 Å². The number of nitrogens with one attached hydrogen (secondary N) is 3. The minimum Gasteiger partial charge on any atom is -0.481 e. The smallest absolute Gasteiger partial charge is 0.252 e. The molecule has 0 aliphatic rings. The lowest BCUT2D eigenvalue weighted by atomic mass is 10.0. The van der Waals surface area contributed by atoms with Gasteiger partial charge in [-0.3, -0.25) is 24.7 Å². The van der Waals surface area contributed by atoms with E-state index in [1.165, 1.54) is 16.3 Å². The number of pyridine rings is 2. The minimum atomic E-state index is -0.0880. The first-order chi connectivity index (χ1) is 28.9. The molecular formula is C47H40N10O2. The van der Waals surface area contributed by atoms with E-state index in [4.69, 9.17) is 4.74 Å². The molecule has 0 saturated heterocycles. The Labute approximate surface area is 339 Å². The number of H-pyrrole nitrogens is 1. The molecule has 0 aliphatic carbocycles. The molecule has 6 aromatic heterocycles. The Morgan fingerprint density at radius 2 is 1.14 bits per heavy atom. The van der Waals surface area contributed by atoms with E-state index in [2.05, 4.69) is 130 Å². The Morgan fingerprint density at radius 3 is 1.69 bits per heavy atom. The molecule has 6 heterocycles. The molecule has 59 heavy (non-hydrogen) atoms. The average Bonchev–Trinajstić information content (AvgIpc) is 3.85. The Kier molecular flexibility index (Phi) is 9.93. The summed E-state index contributed by atoms with van der Waals surface area (Å²) < 4.78 is 9.60. The summed E-state index contributed by atoms with van der Waals surface area (Å²) in [5.74, 6) is 0.625. The zero-order chi connectivity index (χ0) is 40.3. The van der Waals surface area contributed by atoms with Crippen LogP contribution in [-0.2, 0) is 27.2 Å². The molecule has 12 nitrogen and oxygen atoms in total. The number of fused-ring (bicyclic) bond motifs is 4. The fourth-order valence-corrected chi connectivity index (χ4v) is 7.39. The van der Waals surface area contributed by atoms with Crippen molar-refractivity contribution in [3.05, 3.63) is 168 Å². The van der Waals surface area contributed by atoms with Crippen molar-refractivity contribution in [2.75, 3.05) is 17.7 Å². The zero-order valence-corrected chi connectivity index (χ0v) is 32.7. The molecule has 0 spiro atoms. The number of hydrogen-bond donors (Lipinski definition) is 3. The van der Waals surface area contributed by atoms with Crippen LogP contribution in [0.3, 0.4) is 0 Å². The third-order valence-corrected chi connectivity index (χ3v) is 10.5. The molecule has 290 valence electrons. The van der Waals surface area contributed by atoms with Crippen LogP contribution < -0.4 is 20.9 Å². The number of ether oxygens (including phenoxy) is 1. The predicted octanol–water partition coefficient (Wildman–Crippen LogP) is 8.89. The first kappa shape index (κ1) is 36.8. The molecule has 0 amide bonds. The van der Waals surface area contributed by atoms with Gasteiger partial charge in [0.15, 0.2) is 0 Å². The average molecular weight is 777 g/mol. The highest BCUT2D eigenvalue weighted by atomic mass is 16.5. The second kappa shape index (κ2) is 15.9. The molecule has 0 saturated carbocycles. The first-order valence-corrected chi connectivity index (χ1v) is 19.1. The van der Waals surface area contributed by atoms with E-state index >= 15 is 0 Å². The van der Waals surface area contributed by atoms with Crippen LogP contribution in [0, 0.1) is 0 Å². The van der Waals surface area contributed by atoms with Crippen molar-refractivity contribution in [3.8, 4) is 28.1 Å². The Morgan fingerprint density at radius 1 is 0.593 bits per heavy atom. The highest BCUT2D eigenvalue weighted by Gasteiger charge is 2.13. The number of aromatic amines is 1. The third kappa shape index (κ3) is 7.54. The standard InChI is InChI=1S/C24H21N5O.C23H19N5O/c1-29-11-7-16-5-6-17(12-22(16)29)20-13-19(14-21-23(20)26-10-9-25-21)28-15-18-4-3-8-27-24(18)30-2;1-28-10-6-15-4-5-16(11-21(15)28)19-12-18(13-20-22(19)25-9-8-24-20)27-14-17-3-2-7-26-23(17)29/h3-14,28H,15H2,1-2H3;2-13,27H,14H2,1H3,(H,26,29). The van der Waals surface area contributed by atoms with Gasteiger partial charge < -0.3 is 29.5 Å². The second-order valence-corrected chi connectivity index (χ2v) is 14.2. The lowest BCUT2D eigenvalue weighted by Gasteiger charge is -2.13. The number of rotatable bonds is 9. The topological polar surface area (TPSA) is 140 Å². The van der Waals surface area contributed by atoms with Gasteiger partial charge in [0.25, 0.3) is 5.56 Å². The van der Waals surface area contributed by atoms with Gasteiger partial charge in [-0.2, -0.15) is 0 Å². The van der Waals surface area contributed by atoms with Crippen LogP contribution >= 0.6 is 0 Å². The van der Waals surface area contributed by atoms with E-state index in [9.17, 15) is 4.79 Å². The van der Waals surface area contributed by atoms with E-state index in [0.717, 1.165) is 66.8 Å². The molecule has 3 N–H and O–H groups in total. The molecule has 10 rings (SSSR count). The van der Waals surface area contributed by atoms with Crippen LogP contribution in [0.1, 0.15) is 11.1 Å². The van der Waals surface area contributed by atoms with Crippen LogP contribution in [0.4, 0.5) is 11.4 Å². The van der Waals surface area contributed by atoms with Gasteiger partial charge in [0.1, 0.15) is 0 Å². The summed E-state index contributed by atoms with van der Waals surface area (Å²) >= 11 is 0. The number of hydrogen-bond acceptors (Lipinski definition) is 9. The van der Waals surface area contributed by atoms with Crippen LogP contribution in [-0.4, -0.2) is 46.1 Å². The summed E-state index contributed by atoms with van der Waals surface area (Å²) in [5.41, 5.74) is 13.4. The third-order valence-electron chi connectivity index (χ3n) is 10.5. The van der Waals surface area contributed by atoms with Crippen molar-refractivity contribution in [1.29, 1.82) is 0 Å². The summed E-state index contributed by atoms with van der Waals surface area (Å²) in [7, 11) is 5.73. The summed E-state index contributed by atoms with van der Waals surface area (Å²) in [4.78, 5) is 37.1. The number of methoxy groups -OCH3 is 1. The Hall–Kier alpha value is -7.86. The normalized spacial score (nSPS) is 11.2. The molecule has 4 aromatic carbocycles. The van der Waals surface area contributed by atoms with Gasteiger partial charge in [0, 0.05) is 121 Å². The van der Waals surface area contributed by atoms with Gasteiger partial charge >= 0.3 is 0 Å². The Balaban J connectivity index is 0.000000152. The molecule has 0 unspecified atom stereocenters. The van der Waals surface area contributed by atoms with Crippen LogP contribution in [0.5, 0.6) is 5.88 Å². The van der Waals surface area contributed by atoms with E-state index in [1.807, 2.05) is 43.4 Å². The van der Waals surface area contributed by atoms with Gasteiger partial charge in [0.05, 0.1) is 29.2 Å². The monoisotopic (exact) mass is 776 g/mol.